The third-order valence-corrected chi connectivity index (χ3v) is 8.93. The van der Waals surface area contributed by atoms with Gasteiger partial charge in [0.2, 0.25) is 0 Å². The van der Waals surface area contributed by atoms with Crippen LogP contribution in [0.4, 0.5) is 0 Å². The molecule has 0 aromatic rings. The Labute approximate surface area is 337 Å². The van der Waals surface area contributed by atoms with Gasteiger partial charge < -0.3 is 14.2 Å². The van der Waals surface area contributed by atoms with E-state index in [1.807, 2.05) is 6.08 Å². The fourth-order valence-electron chi connectivity index (χ4n) is 5.62. The van der Waals surface area contributed by atoms with Crippen LogP contribution in [0.1, 0.15) is 188 Å². The summed E-state index contributed by atoms with van der Waals surface area (Å²) >= 11 is 0. The van der Waals surface area contributed by atoms with Crippen molar-refractivity contribution >= 4 is 17.9 Å². The van der Waals surface area contributed by atoms with Crippen LogP contribution in [0.2, 0.25) is 0 Å². The van der Waals surface area contributed by atoms with E-state index in [-0.39, 0.29) is 37.5 Å². The number of carbonyl (C=O) groups is 3. The maximum absolute atomic E-state index is 12.7. The van der Waals surface area contributed by atoms with E-state index < -0.39 is 6.10 Å². The van der Waals surface area contributed by atoms with E-state index in [1.165, 1.54) is 32.1 Å². The van der Waals surface area contributed by atoms with Crippen molar-refractivity contribution in [2.75, 3.05) is 13.2 Å². The smallest absolute Gasteiger partial charge is 0.306 e. The highest BCUT2D eigenvalue weighted by molar-refractivity contribution is 5.71. The Morgan fingerprint density at radius 3 is 1.36 bits per heavy atom. The SMILES string of the molecule is CC\C=C/C=C\C=C/CCCCCCCC(=O)OCC(COC(=O)CCCCCCC/C=C\CCCCC)OC(=O)CCCC/C=C\C/C=C\C/C=C\CC. The normalized spacial score (nSPS) is 12.9. The average molecular weight is 765 g/mol. The van der Waals surface area contributed by atoms with Crippen molar-refractivity contribution in [3.63, 3.8) is 0 Å². The van der Waals surface area contributed by atoms with Crippen molar-refractivity contribution in [1.82, 2.24) is 0 Å². The summed E-state index contributed by atoms with van der Waals surface area (Å²) in [5, 5.41) is 0. The maximum Gasteiger partial charge on any atom is 0.306 e. The molecule has 0 saturated carbocycles. The Hall–Kier alpha value is -3.41. The van der Waals surface area contributed by atoms with Crippen LogP contribution in [-0.2, 0) is 28.6 Å². The summed E-state index contributed by atoms with van der Waals surface area (Å²) in [6.07, 6.45) is 54.2. The Morgan fingerprint density at radius 2 is 0.800 bits per heavy atom. The van der Waals surface area contributed by atoms with Gasteiger partial charge in [-0.1, -0.05) is 157 Å². The fourth-order valence-corrected chi connectivity index (χ4v) is 5.62. The van der Waals surface area contributed by atoms with Gasteiger partial charge >= 0.3 is 17.9 Å². The van der Waals surface area contributed by atoms with E-state index in [9.17, 15) is 14.4 Å². The van der Waals surface area contributed by atoms with Gasteiger partial charge in [-0.2, -0.15) is 0 Å². The summed E-state index contributed by atoms with van der Waals surface area (Å²) in [4.78, 5) is 37.7. The molecule has 6 nitrogen and oxygen atoms in total. The quantitative estimate of drug-likeness (QED) is 0.0205. The first-order valence-electron chi connectivity index (χ1n) is 22.1. The molecule has 0 spiro atoms. The second-order valence-electron chi connectivity index (χ2n) is 14.2. The predicted molar refractivity (Wildman–Crippen MR) is 233 cm³/mol. The summed E-state index contributed by atoms with van der Waals surface area (Å²) < 4.78 is 16.6. The van der Waals surface area contributed by atoms with Crippen LogP contribution in [-0.4, -0.2) is 37.2 Å². The highest BCUT2D eigenvalue weighted by atomic mass is 16.6. The molecule has 1 atom stereocenters. The number of esters is 3. The van der Waals surface area contributed by atoms with Crippen molar-refractivity contribution in [2.24, 2.45) is 0 Å². The lowest BCUT2D eigenvalue weighted by atomic mass is 10.1. The molecule has 0 aliphatic rings. The van der Waals surface area contributed by atoms with E-state index >= 15 is 0 Å². The van der Waals surface area contributed by atoms with Crippen molar-refractivity contribution in [1.29, 1.82) is 0 Å². The minimum absolute atomic E-state index is 0.105. The number of allylic oxidation sites excluding steroid dienone is 14. The molecular formula is C49H80O6. The van der Waals surface area contributed by atoms with Crippen molar-refractivity contribution in [2.45, 2.75) is 194 Å². The molecule has 0 radical (unpaired) electrons. The number of carbonyl (C=O) groups excluding carboxylic acids is 3. The molecular weight excluding hydrogens is 685 g/mol. The van der Waals surface area contributed by atoms with Gasteiger partial charge in [0, 0.05) is 19.3 Å². The van der Waals surface area contributed by atoms with Gasteiger partial charge in [-0.3, -0.25) is 14.4 Å². The largest absolute Gasteiger partial charge is 0.462 e. The number of rotatable bonds is 38. The molecule has 0 aromatic carbocycles. The minimum atomic E-state index is -0.806. The Kier molecular flexibility index (Phi) is 40.6. The Bertz CT molecular complexity index is 1110. The van der Waals surface area contributed by atoms with Crippen LogP contribution in [0.3, 0.4) is 0 Å². The summed E-state index contributed by atoms with van der Waals surface area (Å²) in [7, 11) is 0. The lowest BCUT2D eigenvalue weighted by Gasteiger charge is -2.18. The van der Waals surface area contributed by atoms with Gasteiger partial charge in [0.15, 0.2) is 6.10 Å². The molecule has 0 aliphatic carbocycles. The molecule has 0 bridgehead atoms. The van der Waals surface area contributed by atoms with Crippen molar-refractivity contribution < 1.29 is 28.6 Å². The van der Waals surface area contributed by atoms with Crippen LogP contribution in [0.15, 0.2) is 85.1 Å². The molecule has 312 valence electrons. The zero-order valence-electron chi connectivity index (χ0n) is 35.4. The number of unbranched alkanes of at least 4 members (excludes halogenated alkanes) is 15. The van der Waals surface area contributed by atoms with Crippen molar-refractivity contribution in [3.8, 4) is 0 Å². The first kappa shape index (κ1) is 51.6. The van der Waals surface area contributed by atoms with E-state index in [2.05, 4.69) is 99.8 Å². The average Bonchev–Trinajstić information content (AvgIpc) is 3.18. The molecule has 0 amide bonds. The van der Waals surface area contributed by atoms with Gasteiger partial charge in [-0.25, -0.2) is 0 Å². The molecule has 0 aromatic heterocycles. The van der Waals surface area contributed by atoms with Crippen LogP contribution in [0, 0.1) is 0 Å². The molecule has 6 heteroatoms. The van der Waals surface area contributed by atoms with Gasteiger partial charge in [0.25, 0.3) is 0 Å². The van der Waals surface area contributed by atoms with Gasteiger partial charge in [0.05, 0.1) is 0 Å². The lowest BCUT2D eigenvalue weighted by Crippen LogP contribution is -2.30. The molecule has 0 heterocycles. The first-order chi connectivity index (χ1) is 27.0. The predicted octanol–water partition coefficient (Wildman–Crippen LogP) is 14.1. The minimum Gasteiger partial charge on any atom is -0.462 e. The van der Waals surface area contributed by atoms with E-state index in [1.54, 1.807) is 0 Å². The molecule has 0 fully saturated rings. The lowest BCUT2D eigenvalue weighted by molar-refractivity contribution is -0.167. The second kappa shape index (κ2) is 43.3. The van der Waals surface area contributed by atoms with Crippen LogP contribution in [0.25, 0.3) is 0 Å². The highest BCUT2D eigenvalue weighted by Crippen LogP contribution is 2.12. The van der Waals surface area contributed by atoms with Gasteiger partial charge in [-0.05, 0) is 96.3 Å². The van der Waals surface area contributed by atoms with E-state index in [4.69, 9.17) is 14.2 Å². The number of ether oxygens (including phenoxy) is 3. The third-order valence-electron chi connectivity index (χ3n) is 8.93. The molecule has 1 unspecified atom stereocenters. The van der Waals surface area contributed by atoms with Crippen LogP contribution in [0.5, 0.6) is 0 Å². The summed E-state index contributed by atoms with van der Waals surface area (Å²) in [6, 6.07) is 0. The van der Waals surface area contributed by atoms with E-state index in [0.29, 0.717) is 19.3 Å². The summed E-state index contributed by atoms with van der Waals surface area (Å²) in [6.45, 7) is 6.27. The Morgan fingerprint density at radius 1 is 0.400 bits per heavy atom. The van der Waals surface area contributed by atoms with Gasteiger partial charge in [-0.15, -0.1) is 0 Å². The monoisotopic (exact) mass is 765 g/mol. The Balaban J connectivity index is 4.50. The first-order valence-corrected chi connectivity index (χ1v) is 22.1. The zero-order chi connectivity index (χ0) is 40.1. The summed E-state index contributed by atoms with van der Waals surface area (Å²) in [5.74, 6) is -0.984. The number of hydrogen-bond acceptors (Lipinski definition) is 6. The van der Waals surface area contributed by atoms with Crippen LogP contribution >= 0.6 is 0 Å². The molecule has 55 heavy (non-hydrogen) atoms. The topological polar surface area (TPSA) is 78.9 Å². The van der Waals surface area contributed by atoms with Gasteiger partial charge in [0.1, 0.15) is 13.2 Å². The zero-order valence-corrected chi connectivity index (χ0v) is 35.4. The standard InChI is InChI=1S/C49H80O6/c1-4-7-10-13-16-19-22-25-28-30-33-36-39-42-48(51)54-45-46(55-49(52)43-40-37-34-31-27-24-21-18-15-12-9-6-3)44-53-47(50)41-38-35-32-29-26-23-20-17-14-11-8-5-2/h7,9-10,12-13,16-22,27,31,46H,4-6,8,11,14-15,23-26,28-30,32-45H2,1-3H3/b10-7-,12-9-,16-13-,20-17-,21-18-,22-19-,31-27-. The molecule has 0 N–H and O–H groups in total. The second-order valence-corrected chi connectivity index (χ2v) is 14.2. The fraction of sp³-hybridized carbons (Fsp3) is 0.653. The van der Waals surface area contributed by atoms with Crippen molar-refractivity contribution in [3.05, 3.63) is 85.1 Å². The molecule has 0 aliphatic heterocycles. The highest BCUT2D eigenvalue weighted by Gasteiger charge is 2.19. The molecule has 0 rings (SSSR count). The van der Waals surface area contributed by atoms with E-state index in [0.717, 1.165) is 109 Å². The molecule has 0 saturated heterocycles. The number of hydrogen-bond donors (Lipinski definition) is 0. The maximum atomic E-state index is 12.7. The summed E-state index contributed by atoms with van der Waals surface area (Å²) in [5.41, 5.74) is 0. The third kappa shape index (κ3) is 41.6. The van der Waals surface area contributed by atoms with Crippen LogP contribution < -0.4 is 0 Å².